The van der Waals surface area contributed by atoms with Crippen molar-refractivity contribution in [2.75, 3.05) is 7.11 Å². The molecule has 0 bridgehead atoms. The molecule has 0 spiro atoms. The summed E-state index contributed by atoms with van der Waals surface area (Å²) < 4.78 is 5.31. The van der Waals surface area contributed by atoms with Gasteiger partial charge in [0, 0.05) is 10.6 Å². The Morgan fingerprint density at radius 3 is 2.62 bits per heavy atom. The maximum Gasteiger partial charge on any atom is 0.130 e. The van der Waals surface area contributed by atoms with E-state index in [2.05, 4.69) is 32.0 Å². The number of hydrogen-bond donors (Lipinski definition) is 2. The summed E-state index contributed by atoms with van der Waals surface area (Å²) >= 11 is 1.81. The number of aryl methyl sites for hydroxylation is 2. The van der Waals surface area contributed by atoms with Crippen LogP contribution < -0.4 is 10.5 Å². The van der Waals surface area contributed by atoms with Gasteiger partial charge in [-0.05, 0) is 43.2 Å². The molecule has 2 aromatic carbocycles. The highest BCUT2D eigenvalue weighted by Gasteiger charge is 2.08. The van der Waals surface area contributed by atoms with Crippen molar-refractivity contribution in [3.8, 4) is 5.75 Å². The normalized spacial score (nSPS) is 10.4. The Morgan fingerprint density at radius 2 is 1.95 bits per heavy atom. The average molecular weight is 300 g/mol. The molecule has 21 heavy (non-hydrogen) atoms. The number of nitrogen functional groups attached to an aromatic ring is 1. The first-order chi connectivity index (χ1) is 10.0. The Balaban J connectivity index is 2.17. The van der Waals surface area contributed by atoms with Gasteiger partial charge >= 0.3 is 0 Å². The van der Waals surface area contributed by atoms with Gasteiger partial charge in [-0.2, -0.15) is 0 Å². The molecule has 0 radical (unpaired) electrons. The van der Waals surface area contributed by atoms with Crippen molar-refractivity contribution < 1.29 is 4.74 Å². The lowest BCUT2D eigenvalue weighted by Gasteiger charge is -2.10. The number of methoxy groups -OCH3 is 1. The number of rotatable bonds is 5. The van der Waals surface area contributed by atoms with Gasteiger partial charge in [0.15, 0.2) is 0 Å². The maximum atomic E-state index is 7.53. The van der Waals surface area contributed by atoms with Crippen LogP contribution in [0.1, 0.15) is 22.3 Å². The Bertz CT molecular complexity index is 668. The second kappa shape index (κ2) is 6.68. The average Bonchev–Trinajstić information content (AvgIpc) is 2.47. The van der Waals surface area contributed by atoms with E-state index in [4.69, 9.17) is 15.9 Å². The van der Waals surface area contributed by atoms with Crippen LogP contribution >= 0.6 is 11.8 Å². The number of amidine groups is 1. The van der Waals surface area contributed by atoms with Crippen LogP contribution in [0.2, 0.25) is 0 Å². The van der Waals surface area contributed by atoms with E-state index < -0.39 is 0 Å². The second-order valence-electron chi connectivity index (χ2n) is 5.01. The van der Waals surface area contributed by atoms with Crippen molar-refractivity contribution in [2.45, 2.75) is 24.5 Å². The lowest BCUT2D eigenvalue weighted by Crippen LogP contribution is -2.12. The van der Waals surface area contributed by atoms with E-state index in [9.17, 15) is 0 Å². The zero-order valence-corrected chi connectivity index (χ0v) is 13.4. The van der Waals surface area contributed by atoms with Gasteiger partial charge in [-0.3, -0.25) is 5.41 Å². The lowest BCUT2D eigenvalue weighted by atomic mass is 10.1. The molecule has 2 rings (SSSR count). The number of ether oxygens (including phenoxy) is 1. The molecule has 0 heterocycles. The van der Waals surface area contributed by atoms with E-state index in [1.165, 1.54) is 16.0 Å². The predicted molar refractivity (Wildman–Crippen MR) is 89.5 cm³/mol. The summed E-state index contributed by atoms with van der Waals surface area (Å²) in [6, 6.07) is 12.3. The van der Waals surface area contributed by atoms with Gasteiger partial charge < -0.3 is 10.5 Å². The molecule has 0 fully saturated rings. The molecule has 0 aromatic heterocycles. The summed E-state index contributed by atoms with van der Waals surface area (Å²) in [4.78, 5) is 1.30. The fourth-order valence-electron chi connectivity index (χ4n) is 2.07. The SMILES string of the molecule is COc1cc(CSc2cc(C)ccc2C)ccc1C(=N)N. The van der Waals surface area contributed by atoms with Crippen molar-refractivity contribution in [3.63, 3.8) is 0 Å². The molecule has 0 atom stereocenters. The van der Waals surface area contributed by atoms with Crippen molar-refractivity contribution >= 4 is 17.6 Å². The Kier molecular flexibility index (Phi) is 4.91. The molecular weight excluding hydrogens is 280 g/mol. The minimum Gasteiger partial charge on any atom is -0.496 e. The lowest BCUT2D eigenvalue weighted by molar-refractivity contribution is 0.413. The van der Waals surface area contributed by atoms with Crippen LogP contribution in [0, 0.1) is 19.3 Å². The van der Waals surface area contributed by atoms with Gasteiger partial charge in [0.25, 0.3) is 0 Å². The first-order valence-electron chi connectivity index (χ1n) is 6.72. The molecule has 2 aromatic rings. The zero-order chi connectivity index (χ0) is 15.4. The summed E-state index contributed by atoms with van der Waals surface area (Å²) in [7, 11) is 1.60. The van der Waals surface area contributed by atoms with Gasteiger partial charge in [-0.15, -0.1) is 11.8 Å². The fraction of sp³-hybridized carbons (Fsp3) is 0.235. The zero-order valence-electron chi connectivity index (χ0n) is 12.6. The number of thioether (sulfide) groups is 1. The maximum absolute atomic E-state index is 7.53. The largest absolute Gasteiger partial charge is 0.496 e. The first kappa shape index (κ1) is 15.4. The molecule has 4 heteroatoms. The Morgan fingerprint density at radius 1 is 1.19 bits per heavy atom. The highest BCUT2D eigenvalue weighted by molar-refractivity contribution is 7.98. The van der Waals surface area contributed by atoms with Gasteiger partial charge in [0.05, 0.1) is 12.7 Å². The van der Waals surface area contributed by atoms with Crippen molar-refractivity contribution in [3.05, 3.63) is 58.7 Å². The molecule has 3 nitrogen and oxygen atoms in total. The molecule has 0 unspecified atom stereocenters. The molecular formula is C17H20N2OS. The fourth-order valence-corrected chi connectivity index (χ4v) is 3.14. The van der Waals surface area contributed by atoms with Gasteiger partial charge in [0.2, 0.25) is 0 Å². The van der Waals surface area contributed by atoms with Crippen molar-refractivity contribution in [2.24, 2.45) is 5.73 Å². The topological polar surface area (TPSA) is 59.1 Å². The summed E-state index contributed by atoms with van der Waals surface area (Å²) in [6.07, 6.45) is 0. The van der Waals surface area contributed by atoms with E-state index in [-0.39, 0.29) is 5.84 Å². The van der Waals surface area contributed by atoms with E-state index >= 15 is 0 Å². The van der Waals surface area contributed by atoms with Gasteiger partial charge in [-0.1, -0.05) is 23.8 Å². The number of benzene rings is 2. The van der Waals surface area contributed by atoms with Crippen LogP contribution in [0.4, 0.5) is 0 Å². The van der Waals surface area contributed by atoms with Crippen LogP contribution in [0.15, 0.2) is 41.3 Å². The Labute approximate surface area is 130 Å². The molecule has 0 aliphatic carbocycles. The minimum absolute atomic E-state index is 0.0283. The predicted octanol–water partition coefficient (Wildman–Crippen LogP) is 3.89. The summed E-state index contributed by atoms with van der Waals surface area (Å²) in [5, 5.41) is 7.53. The second-order valence-corrected chi connectivity index (χ2v) is 6.02. The van der Waals surface area contributed by atoms with E-state index in [1.807, 2.05) is 30.0 Å². The van der Waals surface area contributed by atoms with Gasteiger partial charge in [-0.25, -0.2) is 0 Å². The third-order valence-corrected chi connectivity index (χ3v) is 4.52. The van der Waals surface area contributed by atoms with E-state index in [1.54, 1.807) is 7.11 Å². The van der Waals surface area contributed by atoms with Crippen LogP contribution in [0.25, 0.3) is 0 Å². The Hall–Kier alpha value is -1.94. The van der Waals surface area contributed by atoms with Crippen LogP contribution in [0.5, 0.6) is 5.75 Å². The third kappa shape index (κ3) is 3.79. The smallest absolute Gasteiger partial charge is 0.130 e. The molecule has 0 saturated heterocycles. The summed E-state index contributed by atoms with van der Waals surface area (Å²) in [5.74, 6) is 1.54. The van der Waals surface area contributed by atoms with Crippen LogP contribution in [-0.4, -0.2) is 12.9 Å². The minimum atomic E-state index is 0.0283. The molecule has 0 aliphatic rings. The highest BCUT2D eigenvalue weighted by Crippen LogP contribution is 2.29. The number of hydrogen-bond acceptors (Lipinski definition) is 3. The third-order valence-electron chi connectivity index (χ3n) is 3.29. The summed E-state index contributed by atoms with van der Waals surface area (Å²) in [5.41, 5.74) is 9.89. The van der Waals surface area contributed by atoms with Crippen molar-refractivity contribution in [1.29, 1.82) is 5.41 Å². The van der Waals surface area contributed by atoms with Gasteiger partial charge in [0.1, 0.15) is 11.6 Å². The number of nitrogens with two attached hydrogens (primary N) is 1. The van der Waals surface area contributed by atoms with E-state index in [0.717, 1.165) is 11.3 Å². The van der Waals surface area contributed by atoms with Crippen LogP contribution in [0.3, 0.4) is 0 Å². The highest BCUT2D eigenvalue weighted by atomic mass is 32.2. The molecule has 110 valence electrons. The summed E-state index contributed by atoms with van der Waals surface area (Å²) in [6.45, 7) is 4.23. The first-order valence-corrected chi connectivity index (χ1v) is 7.71. The molecule has 3 N–H and O–H groups in total. The quantitative estimate of drug-likeness (QED) is 0.500. The molecule has 0 saturated carbocycles. The van der Waals surface area contributed by atoms with Crippen molar-refractivity contribution in [1.82, 2.24) is 0 Å². The van der Waals surface area contributed by atoms with E-state index in [0.29, 0.717) is 11.3 Å². The standard InChI is InChI=1S/C17H20N2OS/c1-11-4-5-12(2)16(8-11)21-10-13-6-7-14(17(18)19)15(9-13)20-3/h4-9H,10H2,1-3H3,(H3,18,19). The number of nitrogens with one attached hydrogen (secondary N) is 1. The molecule has 0 amide bonds. The molecule has 0 aliphatic heterocycles. The van der Waals surface area contributed by atoms with Crippen LogP contribution in [-0.2, 0) is 5.75 Å². The monoisotopic (exact) mass is 300 g/mol.